The zero-order chi connectivity index (χ0) is 26.7. The van der Waals surface area contributed by atoms with Crippen molar-refractivity contribution in [2.45, 2.75) is 90.8 Å². The van der Waals surface area contributed by atoms with E-state index in [-0.39, 0.29) is 29.8 Å². The number of rotatable bonds is 6. The Labute approximate surface area is 225 Å². The minimum Gasteiger partial charge on any atom is -0.491 e. The first-order valence-corrected chi connectivity index (χ1v) is 13.9. The second kappa shape index (κ2) is 11.5. The standard InChI is InChI=1S/C29H40ClN3O4/c1-19(2)33(21-14-15-32(17-21)28(35)37-29(3,4)5)27(34)24-16-23(30)22-12-9-13-25(26(22)31-24)36-18-20-10-7-6-8-11-20/h9,12-13,16,19-21H,6-8,10-11,14-15,17-18H2,1-5H3/t21-/m0/s1. The van der Waals surface area contributed by atoms with Gasteiger partial charge in [0, 0.05) is 24.5 Å². The molecule has 0 unspecified atom stereocenters. The fourth-order valence-corrected chi connectivity index (χ4v) is 5.64. The molecule has 1 aliphatic heterocycles. The van der Waals surface area contributed by atoms with Crippen LogP contribution in [0.1, 0.15) is 83.6 Å². The van der Waals surface area contributed by atoms with Crippen molar-refractivity contribution in [1.82, 2.24) is 14.8 Å². The fraction of sp³-hybridized carbons (Fsp3) is 0.621. The van der Waals surface area contributed by atoms with E-state index in [1.807, 2.05) is 57.7 Å². The number of nitrogens with zero attached hydrogens (tertiary/aromatic N) is 3. The van der Waals surface area contributed by atoms with E-state index in [1.165, 1.54) is 32.1 Å². The second-order valence-corrected chi connectivity index (χ2v) is 12.0. The lowest BCUT2D eigenvalue weighted by Crippen LogP contribution is -2.47. The predicted octanol–water partition coefficient (Wildman–Crippen LogP) is 6.71. The monoisotopic (exact) mass is 529 g/mol. The van der Waals surface area contributed by atoms with Crippen molar-refractivity contribution in [3.8, 4) is 5.75 Å². The third-order valence-corrected chi connectivity index (χ3v) is 7.48. The Kier molecular flexibility index (Phi) is 8.52. The van der Waals surface area contributed by atoms with Gasteiger partial charge in [-0.25, -0.2) is 9.78 Å². The van der Waals surface area contributed by atoms with Crippen LogP contribution in [0.15, 0.2) is 24.3 Å². The normalized spacial score (nSPS) is 18.9. The molecule has 1 aromatic heterocycles. The Morgan fingerprint density at radius 3 is 2.57 bits per heavy atom. The Balaban J connectivity index is 1.55. The molecule has 2 heterocycles. The van der Waals surface area contributed by atoms with E-state index in [4.69, 9.17) is 26.1 Å². The molecule has 4 rings (SSSR count). The Bertz CT molecular complexity index is 1120. The maximum atomic E-state index is 13.8. The molecule has 2 aliphatic rings. The van der Waals surface area contributed by atoms with E-state index in [2.05, 4.69) is 0 Å². The number of benzene rings is 1. The summed E-state index contributed by atoms with van der Waals surface area (Å²) >= 11 is 6.66. The van der Waals surface area contributed by atoms with Crippen molar-refractivity contribution >= 4 is 34.5 Å². The van der Waals surface area contributed by atoms with Crippen LogP contribution in [-0.4, -0.2) is 64.2 Å². The summed E-state index contributed by atoms with van der Waals surface area (Å²) in [5.41, 5.74) is 0.334. The van der Waals surface area contributed by atoms with Gasteiger partial charge in [-0.1, -0.05) is 43.0 Å². The Morgan fingerprint density at radius 1 is 1.16 bits per heavy atom. The molecule has 2 amide bonds. The summed E-state index contributed by atoms with van der Waals surface area (Å²) < 4.78 is 11.8. The van der Waals surface area contributed by atoms with Crippen LogP contribution in [0, 0.1) is 5.92 Å². The lowest BCUT2D eigenvalue weighted by atomic mass is 9.90. The highest BCUT2D eigenvalue weighted by atomic mass is 35.5. The largest absolute Gasteiger partial charge is 0.491 e. The number of hydrogen-bond acceptors (Lipinski definition) is 5. The average Bonchev–Trinajstić information content (AvgIpc) is 3.32. The summed E-state index contributed by atoms with van der Waals surface area (Å²) in [7, 11) is 0. The number of likely N-dealkylation sites (tertiary alicyclic amines) is 1. The molecule has 37 heavy (non-hydrogen) atoms. The molecular formula is C29H40ClN3O4. The van der Waals surface area contributed by atoms with E-state index in [0.29, 0.717) is 48.3 Å². The zero-order valence-electron chi connectivity index (χ0n) is 22.8. The number of pyridine rings is 1. The highest BCUT2D eigenvalue weighted by Gasteiger charge is 2.37. The van der Waals surface area contributed by atoms with Gasteiger partial charge in [0.05, 0.1) is 17.7 Å². The number of carbonyl (C=O) groups is 2. The van der Waals surface area contributed by atoms with Crippen LogP contribution in [0.3, 0.4) is 0 Å². The van der Waals surface area contributed by atoms with Gasteiger partial charge < -0.3 is 19.3 Å². The Morgan fingerprint density at radius 2 is 1.89 bits per heavy atom. The molecule has 7 nitrogen and oxygen atoms in total. The van der Waals surface area contributed by atoms with Crippen LogP contribution in [0.2, 0.25) is 5.02 Å². The molecule has 2 fully saturated rings. The van der Waals surface area contributed by atoms with E-state index < -0.39 is 5.60 Å². The van der Waals surface area contributed by atoms with Crippen LogP contribution in [-0.2, 0) is 4.74 Å². The molecule has 0 spiro atoms. The number of aromatic nitrogens is 1. The van der Waals surface area contributed by atoms with Crippen LogP contribution in [0.5, 0.6) is 5.75 Å². The number of hydrogen-bond donors (Lipinski definition) is 0. The van der Waals surface area contributed by atoms with Crippen LogP contribution in [0.4, 0.5) is 4.79 Å². The highest BCUT2D eigenvalue weighted by molar-refractivity contribution is 6.35. The smallest absolute Gasteiger partial charge is 0.410 e. The predicted molar refractivity (Wildman–Crippen MR) is 146 cm³/mol. The van der Waals surface area contributed by atoms with E-state index in [0.717, 1.165) is 5.39 Å². The van der Waals surface area contributed by atoms with Gasteiger partial charge in [0.15, 0.2) is 0 Å². The molecule has 8 heteroatoms. The van der Waals surface area contributed by atoms with Gasteiger partial charge in [-0.2, -0.15) is 0 Å². The quantitative estimate of drug-likeness (QED) is 0.416. The van der Waals surface area contributed by atoms with Gasteiger partial charge in [0.1, 0.15) is 22.6 Å². The maximum Gasteiger partial charge on any atom is 0.410 e. The molecule has 1 atom stereocenters. The Hall–Kier alpha value is -2.54. The fourth-order valence-electron chi connectivity index (χ4n) is 5.38. The van der Waals surface area contributed by atoms with E-state index in [1.54, 1.807) is 11.0 Å². The first-order valence-electron chi connectivity index (χ1n) is 13.6. The van der Waals surface area contributed by atoms with E-state index in [9.17, 15) is 9.59 Å². The van der Waals surface area contributed by atoms with Crippen molar-refractivity contribution in [2.24, 2.45) is 5.92 Å². The maximum absolute atomic E-state index is 13.8. The molecule has 1 saturated carbocycles. The average molecular weight is 530 g/mol. The minimum atomic E-state index is -0.564. The number of fused-ring (bicyclic) bond motifs is 1. The topological polar surface area (TPSA) is 72.0 Å². The van der Waals surface area contributed by atoms with Crippen molar-refractivity contribution in [1.29, 1.82) is 0 Å². The van der Waals surface area contributed by atoms with Crippen molar-refractivity contribution in [3.05, 3.63) is 35.0 Å². The van der Waals surface area contributed by atoms with Crippen molar-refractivity contribution < 1.29 is 19.1 Å². The summed E-state index contributed by atoms with van der Waals surface area (Å²) in [6, 6.07) is 7.16. The highest BCUT2D eigenvalue weighted by Crippen LogP contribution is 2.32. The molecule has 0 bridgehead atoms. The number of ether oxygens (including phenoxy) is 2. The summed E-state index contributed by atoms with van der Waals surface area (Å²) in [6.07, 6.45) is 6.52. The molecular weight excluding hydrogens is 490 g/mol. The number of halogens is 1. The van der Waals surface area contributed by atoms with Crippen molar-refractivity contribution in [3.63, 3.8) is 0 Å². The molecule has 0 radical (unpaired) electrons. The van der Waals surface area contributed by atoms with Gasteiger partial charge in [0.2, 0.25) is 0 Å². The van der Waals surface area contributed by atoms with Gasteiger partial charge in [-0.3, -0.25) is 4.79 Å². The third kappa shape index (κ3) is 6.67. The van der Waals surface area contributed by atoms with Crippen LogP contribution < -0.4 is 4.74 Å². The number of para-hydroxylation sites is 1. The molecule has 0 N–H and O–H groups in total. The van der Waals surface area contributed by atoms with Crippen LogP contribution in [0.25, 0.3) is 10.9 Å². The third-order valence-electron chi connectivity index (χ3n) is 7.17. The lowest BCUT2D eigenvalue weighted by molar-refractivity contribution is 0.0268. The van der Waals surface area contributed by atoms with E-state index >= 15 is 0 Å². The first-order chi connectivity index (χ1) is 17.5. The zero-order valence-corrected chi connectivity index (χ0v) is 23.5. The molecule has 1 aromatic carbocycles. The van der Waals surface area contributed by atoms with Gasteiger partial charge in [-0.15, -0.1) is 0 Å². The van der Waals surface area contributed by atoms with Gasteiger partial charge in [0.25, 0.3) is 5.91 Å². The molecule has 202 valence electrons. The SMILES string of the molecule is CC(C)N(C(=O)c1cc(Cl)c2cccc(OCC3CCCCC3)c2n1)[C@H]1CCN(C(=O)OC(C)(C)C)C1. The van der Waals surface area contributed by atoms with Crippen LogP contribution >= 0.6 is 11.6 Å². The first kappa shape index (κ1) is 27.5. The molecule has 1 saturated heterocycles. The molecule has 1 aliphatic carbocycles. The lowest BCUT2D eigenvalue weighted by Gasteiger charge is -2.33. The number of amides is 2. The van der Waals surface area contributed by atoms with Gasteiger partial charge in [-0.05, 0) is 71.9 Å². The summed E-state index contributed by atoms with van der Waals surface area (Å²) in [5.74, 6) is 1.01. The van der Waals surface area contributed by atoms with Crippen molar-refractivity contribution in [2.75, 3.05) is 19.7 Å². The summed E-state index contributed by atoms with van der Waals surface area (Å²) in [6.45, 7) is 11.1. The summed E-state index contributed by atoms with van der Waals surface area (Å²) in [5, 5.41) is 1.24. The number of carbonyl (C=O) groups excluding carboxylic acids is 2. The second-order valence-electron chi connectivity index (χ2n) is 11.6. The van der Waals surface area contributed by atoms with Gasteiger partial charge >= 0.3 is 6.09 Å². The molecule has 2 aromatic rings. The summed E-state index contributed by atoms with van der Waals surface area (Å²) in [4.78, 5) is 34.7. The minimum absolute atomic E-state index is 0.0786.